The van der Waals surface area contributed by atoms with E-state index in [2.05, 4.69) is 0 Å². The van der Waals surface area contributed by atoms with Crippen LogP contribution in [0.25, 0.3) is 0 Å². The van der Waals surface area contributed by atoms with Gasteiger partial charge in [-0.1, -0.05) is 0 Å². The average Bonchev–Trinajstić information content (AvgIpc) is 2.03. The molecule has 0 aliphatic carbocycles. The maximum absolute atomic E-state index is 11.1. The second-order valence-corrected chi connectivity index (χ2v) is 2.60. The minimum absolute atomic E-state index is 0.0568. The third-order valence-corrected chi connectivity index (χ3v) is 1.83. The summed E-state index contributed by atoms with van der Waals surface area (Å²) in [6, 6.07) is 0. The number of carbonyl (C=O) groups excluding carboxylic acids is 1. The second-order valence-electron chi connectivity index (χ2n) is 2.60. The SMILES string of the molecule is COC(C)N(C(C)=O)C(C)OC. The maximum atomic E-state index is 11.1. The summed E-state index contributed by atoms with van der Waals surface area (Å²) in [5.74, 6) is -0.0568. The predicted molar refractivity (Wildman–Crippen MR) is 45.5 cm³/mol. The zero-order valence-electron chi connectivity index (χ0n) is 8.33. The van der Waals surface area contributed by atoms with Gasteiger partial charge in [0.1, 0.15) is 12.5 Å². The highest BCUT2D eigenvalue weighted by molar-refractivity contribution is 5.73. The molecule has 0 rings (SSSR count). The van der Waals surface area contributed by atoms with E-state index in [0.29, 0.717) is 0 Å². The van der Waals surface area contributed by atoms with Gasteiger partial charge in [0.15, 0.2) is 0 Å². The summed E-state index contributed by atoms with van der Waals surface area (Å²) < 4.78 is 10.0. The molecule has 0 radical (unpaired) electrons. The molecule has 12 heavy (non-hydrogen) atoms. The molecule has 0 spiro atoms. The normalized spacial score (nSPS) is 15.4. The van der Waals surface area contributed by atoms with E-state index in [-0.39, 0.29) is 18.4 Å². The van der Waals surface area contributed by atoms with Crippen LogP contribution in [0.3, 0.4) is 0 Å². The van der Waals surface area contributed by atoms with Crippen LogP contribution in [-0.2, 0) is 14.3 Å². The first kappa shape index (κ1) is 11.4. The van der Waals surface area contributed by atoms with E-state index in [1.807, 2.05) is 0 Å². The van der Waals surface area contributed by atoms with E-state index in [1.54, 1.807) is 28.1 Å². The smallest absolute Gasteiger partial charge is 0.223 e. The molecular formula is C8H17NO3. The van der Waals surface area contributed by atoms with Crippen LogP contribution in [0.1, 0.15) is 20.8 Å². The van der Waals surface area contributed by atoms with Gasteiger partial charge in [-0.05, 0) is 13.8 Å². The monoisotopic (exact) mass is 175 g/mol. The molecule has 4 heteroatoms. The summed E-state index contributed by atoms with van der Waals surface area (Å²) in [6.07, 6.45) is -0.505. The maximum Gasteiger partial charge on any atom is 0.223 e. The number of methoxy groups -OCH3 is 2. The van der Waals surface area contributed by atoms with Crippen LogP contribution in [0.15, 0.2) is 0 Å². The molecule has 0 aliphatic rings. The summed E-state index contributed by atoms with van der Waals surface area (Å²) >= 11 is 0. The molecule has 0 aromatic rings. The van der Waals surface area contributed by atoms with Crippen LogP contribution in [0.4, 0.5) is 0 Å². The van der Waals surface area contributed by atoms with Crippen LogP contribution in [-0.4, -0.2) is 37.5 Å². The highest BCUT2D eigenvalue weighted by Gasteiger charge is 2.21. The van der Waals surface area contributed by atoms with Crippen molar-refractivity contribution in [1.82, 2.24) is 4.90 Å². The lowest BCUT2D eigenvalue weighted by Crippen LogP contribution is -2.45. The van der Waals surface area contributed by atoms with Gasteiger partial charge in [-0.15, -0.1) is 0 Å². The zero-order chi connectivity index (χ0) is 9.72. The Bertz CT molecular complexity index is 139. The van der Waals surface area contributed by atoms with Crippen molar-refractivity contribution in [3.63, 3.8) is 0 Å². The van der Waals surface area contributed by atoms with Gasteiger partial charge in [0, 0.05) is 21.1 Å². The number of hydrogen-bond acceptors (Lipinski definition) is 3. The van der Waals surface area contributed by atoms with Gasteiger partial charge >= 0.3 is 0 Å². The third kappa shape index (κ3) is 2.79. The van der Waals surface area contributed by atoms with Crippen molar-refractivity contribution in [1.29, 1.82) is 0 Å². The number of carbonyl (C=O) groups is 1. The summed E-state index contributed by atoms with van der Waals surface area (Å²) in [6.45, 7) is 5.10. The lowest BCUT2D eigenvalue weighted by molar-refractivity contribution is -0.161. The van der Waals surface area contributed by atoms with Crippen molar-refractivity contribution in [3.8, 4) is 0 Å². The average molecular weight is 175 g/mol. The number of hydrogen-bond donors (Lipinski definition) is 0. The Kier molecular flexibility index (Phi) is 4.85. The van der Waals surface area contributed by atoms with Gasteiger partial charge in [0.25, 0.3) is 0 Å². The quantitative estimate of drug-likeness (QED) is 0.594. The summed E-state index contributed by atoms with van der Waals surface area (Å²) in [7, 11) is 3.12. The molecule has 4 nitrogen and oxygen atoms in total. The molecule has 0 saturated heterocycles. The van der Waals surface area contributed by atoms with Crippen molar-refractivity contribution in [2.45, 2.75) is 33.2 Å². The molecule has 72 valence electrons. The Morgan fingerprint density at radius 1 is 1.17 bits per heavy atom. The lowest BCUT2D eigenvalue weighted by Gasteiger charge is -2.31. The number of nitrogens with zero attached hydrogens (tertiary/aromatic N) is 1. The van der Waals surface area contributed by atoms with Crippen LogP contribution in [0.5, 0.6) is 0 Å². The molecule has 0 aromatic heterocycles. The fourth-order valence-electron chi connectivity index (χ4n) is 1.03. The van der Waals surface area contributed by atoms with E-state index < -0.39 is 0 Å². The molecule has 0 N–H and O–H groups in total. The van der Waals surface area contributed by atoms with E-state index in [9.17, 15) is 4.79 Å². The standard InChI is InChI=1S/C8H17NO3/c1-6(10)9(7(2)11-4)8(3)12-5/h7-8H,1-5H3. The second kappa shape index (κ2) is 5.11. The highest BCUT2D eigenvalue weighted by atomic mass is 16.5. The van der Waals surface area contributed by atoms with Gasteiger partial charge in [0.05, 0.1) is 0 Å². The summed E-state index contributed by atoms with van der Waals surface area (Å²) in [5, 5.41) is 0. The van der Waals surface area contributed by atoms with Gasteiger partial charge in [0.2, 0.25) is 5.91 Å². The third-order valence-electron chi connectivity index (χ3n) is 1.83. The zero-order valence-corrected chi connectivity index (χ0v) is 8.33. The Balaban J connectivity index is 4.32. The Morgan fingerprint density at radius 3 is 1.67 bits per heavy atom. The minimum atomic E-state index is -0.252. The Morgan fingerprint density at radius 2 is 1.50 bits per heavy atom. The van der Waals surface area contributed by atoms with Gasteiger partial charge in [-0.25, -0.2) is 0 Å². The molecule has 0 saturated carbocycles. The van der Waals surface area contributed by atoms with E-state index >= 15 is 0 Å². The molecule has 0 bridgehead atoms. The largest absolute Gasteiger partial charge is 0.362 e. The number of rotatable bonds is 4. The summed E-state index contributed by atoms with van der Waals surface area (Å²) in [5.41, 5.74) is 0. The molecular weight excluding hydrogens is 158 g/mol. The van der Waals surface area contributed by atoms with Crippen molar-refractivity contribution in [2.75, 3.05) is 14.2 Å². The highest BCUT2D eigenvalue weighted by Crippen LogP contribution is 2.06. The first-order chi connectivity index (χ1) is 5.54. The Labute approximate surface area is 73.4 Å². The number of amides is 1. The number of ether oxygens (including phenoxy) is 2. The first-order valence-electron chi connectivity index (χ1n) is 3.89. The van der Waals surface area contributed by atoms with Gasteiger partial charge in [-0.3, -0.25) is 9.69 Å². The molecule has 0 aliphatic heterocycles. The Hall–Kier alpha value is -0.610. The lowest BCUT2D eigenvalue weighted by atomic mass is 10.4. The predicted octanol–water partition coefficient (Wildman–Crippen LogP) is 0.820. The molecule has 2 unspecified atom stereocenters. The van der Waals surface area contributed by atoms with Crippen LogP contribution in [0.2, 0.25) is 0 Å². The molecule has 0 aromatic carbocycles. The molecule has 1 amide bonds. The van der Waals surface area contributed by atoms with E-state index in [1.165, 1.54) is 11.8 Å². The first-order valence-corrected chi connectivity index (χ1v) is 3.89. The topological polar surface area (TPSA) is 38.8 Å². The van der Waals surface area contributed by atoms with E-state index in [4.69, 9.17) is 9.47 Å². The van der Waals surface area contributed by atoms with Crippen molar-refractivity contribution >= 4 is 5.91 Å². The van der Waals surface area contributed by atoms with Crippen molar-refractivity contribution in [2.24, 2.45) is 0 Å². The van der Waals surface area contributed by atoms with Crippen LogP contribution >= 0.6 is 0 Å². The molecule has 2 atom stereocenters. The minimum Gasteiger partial charge on any atom is -0.362 e. The van der Waals surface area contributed by atoms with Crippen molar-refractivity contribution in [3.05, 3.63) is 0 Å². The van der Waals surface area contributed by atoms with E-state index in [0.717, 1.165) is 0 Å². The molecule has 0 heterocycles. The van der Waals surface area contributed by atoms with Gasteiger partial charge in [-0.2, -0.15) is 0 Å². The van der Waals surface area contributed by atoms with Crippen LogP contribution < -0.4 is 0 Å². The van der Waals surface area contributed by atoms with Crippen LogP contribution in [0, 0.1) is 0 Å². The fourth-order valence-corrected chi connectivity index (χ4v) is 1.03. The van der Waals surface area contributed by atoms with Crippen molar-refractivity contribution < 1.29 is 14.3 Å². The van der Waals surface area contributed by atoms with Gasteiger partial charge < -0.3 is 9.47 Å². The molecule has 0 fully saturated rings. The fraction of sp³-hybridized carbons (Fsp3) is 0.875. The summed E-state index contributed by atoms with van der Waals surface area (Å²) in [4.78, 5) is 12.6.